The first-order chi connectivity index (χ1) is 0. The molecule has 0 aromatic carbocycles. The van der Waals surface area contributed by atoms with Crippen LogP contribution in [0.25, 0.3) is 0 Å². The fourth-order valence-corrected chi connectivity index (χ4v) is 0. The Morgan fingerprint density at radius 3 is 0.0588 bits per heavy atom. The third-order valence-electron chi connectivity index (χ3n) is 0. The summed E-state index contributed by atoms with van der Waals surface area (Å²) in [5.41, 5.74) is 0. The Balaban J connectivity index is 0. The first-order valence-electron chi connectivity index (χ1n) is 0. The maximum Gasteiger partial charge on any atom is 2.00 e. The third-order valence-corrected chi connectivity index (χ3v) is 0. The third kappa shape index (κ3) is 822000. The number of hydrogen-bond donors (Lipinski definition) is 0. The molecular weight excluding hydrogens is 841 g/mol. The predicted molar refractivity (Wildman–Crippen MR) is 197 cm³/mol. The van der Waals surface area contributed by atoms with Crippen LogP contribution in [0.3, 0.4) is 0 Å². The second-order valence-electron chi connectivity index (χ2n) is 0. The van der Waals surface area contributed by atoms with Gasteiger partial charge in [-0.15, -0.1) is 0 Å². The van der Waals surface area contributed by atoms with E-state index in [0.717, 1.165) is 0 Å². The Labute approximate surface area is 340 Å². The van der Waals surface area contributed by atoms with Crippen LogP contribution in [0.1, 0.15) is 8.56 Å². The summed E-state index contributed by atoms with van der Waals surface area (Å²) < 4.78 is 0. The molecule has 0 fully saturated rings. The second-order valence-corrected chi connectivity index (χ2v) is 0. The topological polar surface area (TPSA) is 1510 Å². The van der Waals surface area contributed by atoms with Crippen molar-refractivity contribution >= 4 is 69.2 Å². The molecule has 0 amide bonds. The molecule has 0 aliphatic rings. The zero-order valence-electron chi connectivity index (χ0n) is 32.1. The van der Waals surface area contributed by atoms with Crippen LogP contribution in [0.5, 0.6) is 0 Å². The quantitative estimate of drug-likeness (QED) is 0.204. The van der Waals surface area contributed by atoms with Crippen molar-refractivity contribution in [3.05, 3.63) is 0 Å². The molecule has 48 nitrogen and oxygen atoms in total. The zero-order valence-corrected chi connectivity index (χ0v) is 30.4. The molecule has 0 aliphatic heterocycles. The van der Waals surface area contributed by atoms with Gasteiger partial charge in [0.1, 0.15) is 0 Å². The van der Waals surface area contributed by atoms with E-state index in [2.05, 4.69) is 0 Å². The van der Waals surface area contributed by atoms with Crippen LogP contribution in [0.4, 0.5) is 0 Å². The minimum atomic E-state index is 0. The first kappa shape index (κ1) is 909000. The van der Waals surface area contributed by atoms with Crippen molar-refractivity contribution in [1.29, 1.82) is 0 Å². The minimum Gasteiger partial charge on any atom is -1.00 e. The van der Waals surface area contributed by atoms with E-state index in [-0.39, 0.29) is 341 Å². The molecule has 0 aliphatic carbocycles. The van der Waals surface area contributed by atoms with Crippen LogP contribution in [0.2, 0.25) is 0 Å². The molecule has 0 saturated carbocycles. The predicted octanol–water partition coefficient (Wildman–Crippen LogP) is -40.1. The van der Waals surface area contributed by atoms with Gasteiger partial charge in [0.15, 0.2) is 0 Å². The van der Waals surface area contributed by atoms with Gasteiger partial charge in [-0.25, -0.2) is 0 Å². The van der Waals surface area contributed by atoms with E-state index in [0.29, 0.717) is 0 Å². The van der Waals surface area contributed by atoms with Crippen molar-refractivity contribution in [3.8, 4) is 0 Å². The van der Waals surface area contributed by atoms with Crippen LogP contribution in [-0.4, -0.2) is 332 Å². The molecule has 0 heterocycles. The second kappa shape index (κ2) is 857000. The molecule has 0 saturated heterocycles. The largest absolute Gasteiger partial charge is 2.00 e. The van der Waals surface area contributed by atoms with Gasteiger partial charge in [-0.1, -0.05) is 0 Å². The van der Waals surface area contributed by atoms with E-state index in [1.807, 2.05) is 0 Å². The summed E-state index contributed by atoms with van der Waals surface area (Å²) in [7, 11) is 0. The molecular formula is H102Mg3O48. The van der Waals surface area contributed by atoms with Crippen molar-refractivity contribution in [2.45, 2.75) is 0 Å². The fraction of sp³-hybridized carbons (Fsp3) is 0. The van der Waals surface area contributed by atoms with E-state index >= 15 is 0 Å². The average molecular weight is 944 g/mol. The molecule has 396 valence electrons. The number of rotatable bonds is 0. The summed E-state index contributed by atoms with van der Waals surface area (Å²) in [6.07, 6.45) is 0. The van der Waals surface area contributed by atoms with Crippen molar-refractivity contribution in [1.82, 2.24) is 0 Å². The van der Waals surface area contributed by atoms with Gasteiger partial charge in [-0.3, -0.25) is 0 Å². The Morgan fingerprint density at radius 1 is 0.0588 bits per heavy atom. The zero-order chi connectivity index (χ0) is 0. The van der Waals surface area contributed by atoms with Crippen LogP contribution in [0, 0.1) is 0 Å². The maximum absolute atomic E-state index is 0. The molecule has 51 heteroatoms. The monoisotopic (exact) mass is 943 g/mol. The van der Waals surface area contributed by atoms with Gasteiger partial charge in [-0.2, -0.15) is 0 Å². The minimum absolute atomic E-state index is 0. The molecule has 0 atom stereocenters. The molecule has 51 heavy (non-hydrogen) atoms. The molecule has 0 aromatic rings. The molecule has 0 rings (SSSR count). The molecule has 0 unspecified atom stereocenters. The van der Waals surface area contributed by atoms with Crippen molar-refractivity contribution in [2.75, 3.05) is 0 Å². The van der Waals surface area contributed by atoms with Gasteiger partial charge in [0, 0.05) is 0 Å². The summed E-state index contributed by atoms with van der Waals surface area (Å²) in [4.78, 5) is 0. The Morgan fingerprint density at radius 2 is 0.0588 bits per heavy atom. The van der Waals surface area contributed by atoms with Gasteiger partial charge in [0.25, 0.3) is 0 Å². The summed E-state index contributed by atoms with van der Waals surface area (Å²) in [6.45, 7) is 0. The van der Waals surface area contributed by atoms with Crippen LogP contribution < -0.4 is 0 Å². The molecule has 0 spiro atoms. The summed E-state index contributed by atoms with van der Waals surface area (Å²) in [5.74, 6) is 0. The van der Waals surface area contributed by atoms with Gasteiger partial charge in [-0.05, 0) is 0 Å². The standard InChI is InChI=1S/3Mg.48H2O.6H/h;;;48*1H2;;;;;;/q3*+2;;;;;;;;;;;;;;;;;;;;;;;;;;;;;;;;;;;;;;;;;;;;;;;;;6*-1. The van der Waals surface area contributed by atoms with E-state index < -0.39 is 0 Å². The van der Waals surface area contributed by atoms with Crippen molar-refractivity contribution in [3.63, 3.8) is 0 Å². The van der Waals surface area contributed by atoms with Gasteiger partial charge in [0.05, 0.1) is 0 Å². The fourth-order valence-electron chi connectivity index (χ4n) is 0. The average Bonchev–Trinajstić information content (AvgIpc) is 0. The Kier molecular flexibility index (Phi) is 15300000000. The van der Waals surface area contributed by atoms with E-state index in [9.17, 15) is 0 Å². The smallest absolute Gasteiger partial charge is 1.00 e. The maximum atomic E-state index is 0. The summed E-state index contributed by atoms with van der Waals surface area (Å²) >= 11 is 0. The molecule has 0 radical (unpaired) electrons. The first-order valence-corrected chi connectivity index (χ1v) is 0. The normalized spacial score (nSPS) is 0. The Bertz CT molecular complexity index is 44.1. The van der Waals surface area contributed by atoms with E-state index in [4.69, 9.17) is 0 Å². The Hall–Kier alpha value is 0.379. The van der Waals surface area contributed by atoms with Crippen molar-refractivity contribution < 1.29 is 271 Å². The van der Waals surface area contributed by atoms with Crippen LogP contribution in [-0.2, 0) is 0 Å². The van der Waals surface area contributed by atoms with Crippen LogP contribution in [0.15, 0.2) is 0 Å². The SMILES string of the molecule is O.O.O.O.O.O.O.O.O.O.O.O.O.O.O.O.O.O.O.O.O.O.O.O.O.O.O.O.O.O.O.O.O.O.O.O.O.O.O.O.O.O.O.O.O.O.O.O.[H-].[H-].[H-].[H-].[H-].[H-].[Mg+2].[Mg+2].[Mg+2]. The summed E-state index contributed by atoms with van der Waals surface area (Å²) in [6, 6.07) is 0. The van der Waals surface area contributed by atoms with Crippen LogP contribution >= 0.6 is 0 Å². The number of hydrogen-bond acceptors (Lipinski definition) is 0. The van der Waals surface area contributed by atoms with E-state index in [1.54, 1.807) is 0 Å². The van der Waals surface area contributed by atoms with Crippen molar-refractivity contribution in [2.24, 2.45) is 0 Å². The van der Waals surface area contributed by atoms with Gasteiger partial charge < -0.3 is 271 Å². The molecule has 0 bridgehead atoms. The van der Waals surface area contributed by atoms with Gasteiger partial charge in [0.2, 0.25) is 0 Å². The molecule has 96 N–H and O–H groups in total. The molecule has 0 aromatic heterocycles. The van der Waals surface area contributed by atoms with Gasteiger partial charge >= 0.3 is 69.2 Å². The van der Waals surface area contributed by atoms with E-state index in [1.165, 1.54) is 0 Å². The summed E-state index contributed by atoms with van der Waals surface area (Å²) in [5, 5.41) is 0.